The molecule has 21 heavy (non-hydrogen) atoms. The van der Waals surface area contributed by atoms with Crippen LogP contribution in [0.1, 0.15) is 22.3 Å². The fourth-order valence-electron chi connectivity index (χ4n) is 1.77. The Morgan fingerprint density at radius 2 is 2.10 bits per heavy atom. The number of nitrogens with one attached hydrogen (secondary N) is 2. The van der Waals surface area contributed by atoms with Gasteiger partial charge in [0.1, 0.15) is 0 Å². The Hall–Kier alpha value is -1.66. The number of esters is 1. The Morgan fingerprint density at radius 1 is 1.38 bits per heavy atom. The summed E-state index contributed by atoms with van der Waals surface area (Å²) in [6, 6.07) is 5.35. The molecule has 0 saturated carbocycles. The number of carbonyl (C=O) groups is 1. The summed E-state index contributed by atoms with van der Waals surface area (Å²) in [6.07, 6.45) is 1.01. The lowest BCUT2D eigenvalue weighted by Gasteiger charge is -2.14. The molecule has 0 saturated heterocycles. The highest BCUT2D eigenvalue weighted by atomic mass is 32.1. The van der Waals surface area contributed by atoms with E-state index in [0.717, 1.165) is 30.8 Å². The minimum Gasteiger partial charge on any atom is -0.465 e. The summed E-state index contributed by atoms with van der Waals surface area (Å²) in [4.78, 5) is 13.7. The molecule has 1 aromatic rings. The van der Waals surface area contributed by atoms with Gasteiger partial charge in [0.25, 0.3) is 0 Å². The molecule has 0 atom stereocenters. The molecule has 6 heteroatoms. The van der Waals surface area contributed by atoms with E-state index in [4.69, 9.17) is 17.0 Å². The zero-order valence-corrected chi connectivity index (χ0v) is 13.8. The monoisotopic (exact) mass is 309 g/mol. The van der Waals surface area contributed by atoms with Crippen LogP contribution in [0.25, 0.3) is 0 Å². The minimum atomic E-state index is -0.358. The molecule has 0 aromatic heterocycles. The van der Waals surface area contributed by atoms with Gasteiger partial charge in [-0.2, -0.15) is 0 Å². The van der Waals surface area contributed by atoms with Crippen LogP contribution in [0.5, 0.6) is 0 Å². The summed E-state index contributed by atoms with van der Waals surface area (Å²) in [5.41, 5.74) is 2.32. The van der Waals surface area contributed by atoms with Gasteiger partial charge in [-0.1, -0.05) is 6.07 Å². The van der Waals surface area contributed by atoms with Gasteiger partial charge >= 0.3 is 5.97 Å². The smallest absolute Gasteiger partial charge is 0.337 e. The average Bonchev–Trinajstić information content (AvgIpc) is 2.45. The third kappa shape index (κ3) is 6.10. The summed E-state index contributed by atoms with van der Waals surface area (Å²) in [6.45, 7) is 3.77. The molecular weight excluding hydrogens is 286 g/mol. The lowest BCUT2D eigenvalue weighted by molar-refractivity contribution is 0.0601. The third-order valence-electron chi connectivity index (χ3n) is 2.97. The standard InChI is InChI=1S/C15H23N3O2S/c1-11-6-7-12(14(19)20-4)10-13(11)17-15(21)16-8-5-9-18(2)3/h6-7,10H,5,8-9H2,1-4H3,(H2,16,17,21). The van der Waals surface area contributed by atoms with Gasteiger partial charge in [0.15, 0.2) is 5.11 Å². The van der Waals surface area contributed by atoms with Gasteiger partial charge in [0.2, 0.25) is 0 Å². The molecular formula is C15H23N3O2S. The molecule has 0 radical (unpaired) electrons. The molecule has 0 bridgehead atoms. The van der Waals surface area contributed by atoms with Crippen LogP contribution in [0.2, 0.25) is 0 Å². The van der Waals surface area contributed by atoms with Crippen molar-refractivity contribution in [3.63, 3.8) is 0 Å². The van der Waals surface area contributed by atoms with E-state index >= 15 is 0 Å². The second-order valence-corrected chi connectivity index (χ2v) is 5.47. The van der Waals surface area contributed by atoms with Gasteiger partial charge in [-0.15, -0.1) is 0 Å². The van der Waals surface area contributed by atoms with Crippen LogP contribution in [-0.4, -0.2) is 50.3 Å². The predicted octanol–water partition coefficient (Wildman–Crippen LogP) is 2.02. The zero-order valence-electron chi connectivity index (χ0n) is 13.0. The van der Waals surface area contributed by atoms with Crippen molar-refractivity contribution in [2.45, 2.75) is 13.3 Å². The Bertz CT molecular complexity index is 504. The van der Waals surface area contributed by atoms with Crippen LogP contribution < -0.4 is 10.6 Å². The fourth-order valence-corrected chi connectivity index (χ4v) is 1.98. The minimum absolute atomic E-state index is 0.358. The summed E-state index contributed by atoms with van der Waals surface area (Å²) < 4.78 is 4.72. The molecule has 0 unspecified atom stereocenters. The molecule has 0 heterocycles. The molecule has 1 aromatic carbocycles. The summed E-state index contributed by atoms with van der Waals surface area (Å²) in [5, 5.41) is 6.83. The summed E-state index contributed by atoms with van der Waals surface area (Å²) in [7, 11) is 5.45. The Morgan fingerprint density at radius 3 is 2.71 bits per heavy atom. The van der Waals surface area contributed by atoms with E-state index < -0.39 is 0 Å². The van der Waals surface area contributed by atoms with Gasteiger partial charge in [0, 0.05) is 12.2 Å². The van der Waals surface area contributed by atoms with Crippen LogP contribution in [0.15, 0.2) is 18.2 Å². The molecule has 0 spiro atoms. The molecule has 0 amide bonds. The highest BCUT2D eigenvalue weighted by molar-refractivity contribution is 7.80. The van der Waals surface area contributed by atoms with E-state index in [1.54, 1.807) is 12.1 Å². The maximum Gasteiger partial charge on any atom is 0.337 e. The Labute approximate surface area is 131 Å². The number of thiocarbonyl (C=S) groups is 1. The second-order valence-electron chi connectivity index (χ2n) is 5.06. The van der Waals surface area contributed by atoms with E-state index in [1.807, 2.05) is 27.1 Å². The van der Waals surface area contributed by atoms with Crippen molar-refractivity contribution in [1.82, 2.24) is 10.2 Å². The molecule has 0 aliphatic rings. The van der Waals surface area contributed by atoms with Gasteiger partial charge in [-0.25, -0.2) is 4.79 Å². The highest BCUT2D eigenvalue weighted by Gasteiger charge is 2.08. The Balaban J connectivity index is 2.57. The largest absolute Gasteiger partial charge is 0.465 e. The number of benzene rings is 1. The summed E-state index contributed by atoms with van der Waals surface area (Å²) in [5.74, 6) is -0.358. The van der Waals surface area contributed by atoms with E-state index in [2.05, 4.69) is 15.5 Å². The predicted molar refractivity (Wildman–Crippen MR) is 89.9 cm³/mol. The number of aryl methyl sites for hydroxylation is 1. The number of hydrogen-bond donors (Lipinski definition) is 2. The van der Waals surface area contributed by atoms with Gasteiger partial charge in [-0.05, 0) is 63.9 Å². The van der Waals surface area contributed by atoms with Crippen molar-refractivity contribution in [2.75, 3.05) is 39.6 Å². The Kier molecular flexibility index (Phi) is 7.11. The number of methoxy groups -OCH3 is 1. The van der Waals surface area contributed by atoms with Gasteiger partial charge in [0.05, 0.1) is 12.7 Å². The normalized spacial score (nSPS) is 10.3. The van der Waals surface area contributed by atoms with Crippen molar-refractivity contribution in [2.24, 2.45) is 0 Å². The molecule has 2 N–H and O–H groups in total. The first-order valence-corrected chi connectivity index (χ1v) is 7.23. The quantitative estimate of drug-likeness (QED) is 0.476. The number of carbonyl (C=O) groups excluding carboxylic acids is 1. The van der Waals surface area contributed by atoms with Crippen LogP contribution in [0.3, 0.4) is 0 Å². The maximum absolute atomic E-state index is 11.5. The van der Waals surface area contributed by atoms with Gasteiger partial charge < -0.3 is 20.3 Å². The number of rotatable bonds is 6. The second kappa shape index (κ2) is 8.59. The number of anilines is 1. The fraction of sp³-hybridized carbons (Fsp3) is 0.467. The molecule has 5 nitrogen and oxygen atoms in total. The first kappa shape index (κ1) is 17.4. The van der Waals surface area contributed by atoms with Crippen LogP contribution in [-0.2, 0) is 4.74 Å². The van der Waals surface area contributed by atoms with Crippen molar-refractivity contribution in [1.29, 1.82) is 0 Å². The van der Waals surface area contributed by atoms with E-state index in [1.165, 1.54) is 7.11 Å². The van der Waals surface area contributed by atoms with E-state index in [9.17, 15) is 4.79 Å². The highest BCUT2D eigenvalue weighted by Crippen LogP contribution is 2.17. The first-order chi connectivity index (χ1) is 9.93. The molecule has 0 fully saturated rings. The van der Waals surface area contributed by atoms with Gasteiger partial charge in [-0.3, -0.25) is 0 Å². The molecule has 0 aliphatic carbocycles. The van der Waals surface area contributed by atoms with Crippen molar-refractivity contribution in [3.05, 3.63) is 29.3 Å². The van der Waals surface area contributed by atoms with Crippen molar-refractivity contribution >= 4 is 29.0 Å². The van der Waals surface area contributed by atoms with Crippen molar-refractivity contribution in [3.8, 4) is 0 Å². The van der Waals surface area contributed by atoms with Crippen molar-refractivity contribution < 1.29 is 9.53 Å². The first-order valence-electron chi connectivity index (χ1n) is 6.82. The lowest BCUT2D eigenvalue weighted by atomic mass is 10.1. The van der Waals surface area contributed by atoms with Crippen LogP contribution in [0, 0.1) is 6.92 Å². The van der Waals surface area contributed by atoms with Crippen LogP contribution >= 0.6 is 12.2 Å². The molecule has 1 rings (SSSR count). The third-order valence-corrected chi connectivity index (χ3v) is 3.22. The topological polar surface area (TPSA) is 53.6 Å². The number of hydrogen-bond acceptors (Lipinski definition) is 4. The van der Waals surface area contributed by atoms with E-state index in [-0.39, 0.29) is 5.97 Å². The molecule has 0 aliphatic heterocycles. The number of ether oxygens (including phenoxy) is 1. The maximum atomic E-state index is 11.5. The average molecular weight is 309 g/mol. The zero-order chi connectivity index (χ0) is 15.8. The lowest BCUT2D eigenvalue weighted by Crippen LogP contribution is -2.31. The van der Waals surface area contributed by atoms with E-state index in [0.29, 0.717) is 10.7 Å². The SMILES string of the molecule is COC(=O)c1ccc(C)c(NC(=S)NCCCN(C)C)c1. The van der Waals surface area contributed by atoms with Crippen LogP contribution in [0.4, 0.5) is 5.69 Å². The molecule has 116 valence electrons. The number of nitrogens with zero attached hydrogens (tertiary/aromatic N) is 1. The summed E-state index contributed by atoms with van der Waals surface area (Å²) >= 11 is 5.26.